The fourth-order valence-electron chi connectivity index (χ4n) is 4.20. The molecule has 2 N–H and O–H groups in total. The standard InChI is InChI=1S/C18H25N5O3/c1-4-11-5-7-12(8-6-11)22-9-13(24)10-23-14-15(19-17(22)23)20(2)18(26)21(3)16(14)25/h5-8,13-15,17,19,24H,4,9-10H2,1-3H3. The number of aliphatic hydroxyl groups excluding tert-OH is 1. The van der Waals surface area contributed by atoms with Crippen LogP contribution in [-0.2, 0) is 11.2 Å². The Kier molecular flexibility index (Phi) is 4.13. The van der Waals surface area contributed by atoms with Gasteiger partial charge in [0, 0.05) is 32.9 Å². The van der Waals surface area contributed by atoms with Gasteiger partial charge in [-0.3, -0.25) is 19.9 Å². The van der Waals surface area contributed by atoms with Gasteiger partial charge in [-0.25, -0.2) is 4.79 Å². The second-order valence-corrected chi connectivity index (χ2v) is 7.24. The number of likely N-dealkylation sites (N-methyl/N-ethyl adjacent to an activating group) is 2. The molecular weight excluding hydrogens is 334 g/mol. The maximum Gasteiger partial charge on any atom is 0.327 e. The van der Waals surface area contributed by atoms with Crippen molar-refractivity contribution in [3.05, 3.63) is 29.8 Å². The number of hydrogen-bond donors (Lipinski definition) is 2. The first-order valence-corrected chi connectivity index (χ1v) is 9.02. The third kappa shape index (κ3) is 2.48. The van der Waals surface area contributed by atoms with Crippen LogP contribution in [0.1, 0.15) is 12.5 Å². The van der Waals surface area contributed by atoms with E-state index in [1.165, 1.54) is 12.6 Å². The molecule has 3 fully saturated rings. The van der Waals surface area contributed by atoms with E-state index in [1.54, 1.807) is 11.9 Å². The number of carbonyl (C=O) groups is 2. The molecule has 3 heterocycles. The van der Waals surface area contributed by atoms with Crippen LogP contribution >= 0.6 is 0 Å². The van der Waals surface area contributed by atoms with Crippen molar-refractivity contribution in [3.63, 3.8) is 0 Å². The predicted molar refractivity (Wildman–Crippen MR) is 96.3 cm³/mol. The SMILES string of the molecule is CCc1ccc(N2CC(O)CN3C4C(=O)N(C)C(=O)N(C)C4NC23)cc1. The van der Waals surface area contributed by atoms with Crippen molar-refractivity contribution in [2.24, 2.45) is 0 Å². The molecule has 4 unspecified atom stereocenters. The van der Waals surface area contributed by atoms with Crippen LogP contribution in [0, 0.1) is 0 Å². The molecule has 0 radical (unpaired) electrons. The van der Waals surface area contributed by atoms with Crippen molar-refractivity contribution in [2.75, 3.05) is 32.1 Å². The van der Waals surface area contributed by atoms with Crippen LogP contribution < -0.4 is 10.2 Å². The highest BCUT2D eigenvalue weighted by atomic mass is 16.3. The minimum absolute atomic E-state index is 0.233. The van der Waals surface area contributed by atoms with Crippen LogP contribution in [0.25, 0.3) is 0 Å². The molecule has 0 bridgehead atoms. The quantitative estimate of drug-likeness (QED) is 0.764. The first kappa shape index (κ1) is 17.3. The summed E-state index contributed by atoms with van der Waals surface area (Å²) in [5, 5.41) is 13.9. The van der Waals surface area contributed by atoms with Gasteiger partial charge in [0.15, 0.2) is 0 Å². The topological polar surface area (TPSA) is 79.4 Å². The van der Waals surface area contributed by atoms with E-state index in [-0.39, 0.29) is 18.2 Å². The Balaban J connectivity index is 1.68. The number of amides is 3. The van der Waals surface area contributed by atoms with Crippen LogP contribution in [0.3, 0.4) is 0 Å². The van der Waals surface area contributed by atoms with Gasteiger partial charge < -0.3 is 14.9 Å². The van der Waals surface area contributed by atoms with Crippen molar-refractivity contribution in [3.8, 4) is 0 Å². The monoisotopic (exact) mass is 359 g/mol. The smallest absolute Gasteiger partial charge is 0.327 e. The van der Waals surface area contributed by atoms with Crippen molar-refractivity contribution >= 4 is 17.6 Å². The normalized spacial score (nSPS) is 32.1. The summed E-state index contributed by atoms with van der Waals surface area (Å²) < 4.78 is 0. The number of urea groups is 1. The third-order valence-electron chi connectivity index (χ3n) is 5.68. The molecule has 8 nitrogen and oxygen atoms in total. The van der Waals surface area contributed by atoms with Gasteiger partial charge in [-0.1, -0.05) is 19.1 Å². The van der Waals surface area contributed by atoms with Gasteiger partial charge in [0.2, 0.25) is 0 Å². The average molecular weight is 359 g/mol. The van der Waals surface area contributed by atoms with E-state index >= 15 is 0 Å². The number of rotatable bonds is 2. The molecule has 0 aromatic heterocycles. The lowest BCUT2D eigenvalue weighted by Crippen LogP contribution is -2.66. The van der Waals surface area contributed by atoms with Crippen LogP contribution in [0.15, 0.2) is 24.3 Å². The van der Waals surface area contributed by atoms with E-state index in [0.29, 0.717) is 13.1 Å². The predicted octanol–water partition coefficient (Wildman–Crippen LogP) is -0.163. The van der Waals surface area contributed by atoms with Crippen molar-refractivity contribution in [1.82, 2.24) is 20.0 Å². The largest absolute Gasteiger partial charge is 0.390 e. The summed E-state index contributed by atoms with van der Waals surface area (Å²) >= 11 is 0. The number of benzene rings is 1. The first-order chi connectivity index (χ1) is 12.4. The summed E-state index contributed by atoms with van der Waals surface area (Å²) in [6, 6.07) is 7.43. The highest BCUT2D eigenvalue weighted by Crippen LogP contribution is 2.32. The number of β-amino-alcohol motifs (C(OH)–C–C–N with tert-alkyl or cyclic N) is 1. The first-order valence-electron chi connectivity index (χ1n) is 9.02. The second-order valence-electron chi connectivity index (χ2n) is 7.24. The molecule has 0 aliphatic carbocycles. The lowest BCUT2D eigenvalue weighted by atomic mass is 10.1. The number of nitrogens with one attached hydrogen (secondary N) is 1. The van der Waals surface area contributed by atoms with E-state index in [4.69, 9.17) is 0 Å². The van der Waals surface area contributed by atoms with Crippen LogP contribution in [-0.4, -0.2) is 83.5 Å². The number of aliphatic hydroxyl groups is 1. The summed E-state index contributed by atoms with van der Waals surface area (Å²) in [5.41, 5.74) is 2.23. The summed E-state index contributed by atoms with van der Waals surface area (Å²) in [6.45, 7) is 2.98. The summed E-state index contributed by atoms with van der Waals surface area (Å²) in [6.07, 6.45) is -0.251. The molecule has 26 heavy (non-hydrogen) atoms. The Labute approximate surface area is 152 Å². The van der Waals surface area contributed by atoms with Gasteiger partial charge in [0.05, 0.1) is 6.10 Å². The molecule has 0 spiro atoms. The van der Waals surface area contributed by atoms with E-state index in [0.717, 1.165) is 17.0 Å². The molecule has 3 aliphatic rings. The van der Waals surface area contributed by atoms with Gasteiger partial charge in [0.25, 0.3) is 5.91 Å². The number of nitrogens with zero attached hydrogens (tertiary/aromatic N) is 4. The minimum atomic E-state index is -0.571. The van der Waals surface area contributed by atoms with Crippen LogP contribution in [0.5, 0.6) is 0 Å². The van der Waals surface area contributed by atoms with Crippen molar-refractivity contribution in [1.29, 1.82) is 0 Å². The zero-order valence-electron chi connectivity index (χ0n) is 15.3. The van der Waals surface area contributed by atoms with Crippen LogP contribution in [0.2, 0.25) is 0 Å². The molecular formula is C18H25N5O3. The highest BCUT2D eigenvalue weighted by Gasteiger charge is 2.56. The Morgan fingerprint density at radius 3 is 2.50 bits per heavy atom. The minimum Gasteiger partial charge on any atom is -0.390 e. The van der Waals surface area contributed by atoms with Gasteiger partial charge in [-0.2, -0.15) is 0 Å². The fraction of sp³-hybridized carbons (Fsp3) is 0.556. The Morgan fingerprint density at radius 1 is 1.15 bits per heavy atom. The average Bonchev–Trinajstić information content (AvgIpc) is 3.03. The van der Waals surface area contributed by atoms with Gasteiger partial charge in [-0.05, 0) is 24.1 Å². The molecule has 4 atom stereocenters. The zero-order chi connectivity index (χ0) is 18.6. The fourth-order valence-corrected chi connectivity index (χ4v) is 4.20. The van der Waals surface area contributed by atoms with E-state index < -0.39 is 18.3 Å². The number of imide groups is 1. The third-order valence-corrected chi connectivity index (χ3v) is 5.68. The van der Waals surface area contributed by atoms with Crippen molar-refractivity contribution < 1.29 is 14.7 Å². The van der Waals surface area contributed by atoms with E-state index in [9.17, 15) is 14.7 Å². The Bertz CT molecular complexity index is 724. The maximum absolute atomic E-state index is 12.7. The molecule has 3 amide bonds. The number of hydrogen-bond acceptors (Lipinski definition) is 6. The molecule has 3 saturated heterocycles. The number of anilines is 1. The molecule has 3 aliphatic heterocycles. The Hall–Kier alpha value is -2.16. The summed E-state index contributed by atoms with van der Waals surface area (Å²) in [4.78, 5) is 31.8. The summed E-state index contributed by atoms with van der Waals surface area (Å²) in [5.74, 6) is -0.233. The lowest BCUT2D eigenvalue weighted by molar-refractivity contribution is -0.137. The molecule has 0 saturated carbocycles. The van der Waals surface area contributed by atoms with E-state index in [2.05, 4.69) is 29.3 Å². The number of fused-ring (bicyclic) bond motifs is 3. The zero-order valence-corrected chi connectivity index (χ0v) is 15.3. The van der Waals surface area contributed by atoms with Crippen LogP contribution in [0.4, 0.5) is 10.5 Å². The van der Waals surface area contributed by atoms with Gasteiger partial charge in [-0.15, -0.1) is 0 Å². The molecule has 1 aromatic rings. The van der Waals surface area contributed by atoms with Gasteiger partial charge >= 0.3 is 6.03 Å². The second kappa shape index (κ2) is 6.22. The Morgan fingerprint density at radius 2 is 1.85 bits per heavy atom. The molecule has 1 aromatic carbocycles. The lowest BCUT2D eigenvalue weighted by Gasteiger charge is -2.45. The maximum atomic E-state index is 12.7. The highest BCUT2D eigenvalue weighted by molar-refractivity contribution is 6.00. The number of aryl methyl sites for hydroxylation is 1. The summed E-state index contributed by atoms with van der Waals surface area (Å²) in [7, 11) is 3.21. The van der Waals surface area contributed by atoms with E-state index in [1.807, 2.05) is 17.0 Å². The van der Waals surface area contributed by atoms with Crippen molar-refractivity contribution in [2.45, 2.75) is 37.9 Å². The number of carbonyl (C=O) groups excluding carboxylic acids is 2. The van der Waals surface area contributed by atoms with Gasteiger partial charge in [0.1, 0.15) is 18.5 Å². The molecule has 140 valence electrons. The molecule has 8 heteroatoms. The molecule has 4 rings (SSSR count).